The second-order valence-corrected chi connectivity index (χ2v) is 7.68. The van der Waals surface area contributed by atoms with Crippen molar-refractivity contribution < 1.29 is 23.4 Å². The predicted molar refractivity (Wildman–Crippen MR) is 125 cm³/mol. The Morgan fingerprint density at radius 3 is 2.66 bits per heavy atom. The largest absolute Gasteiger partial charge is 0.465 e. The van der Waals surface area contributed by atoms with Crippen LogP contribution in [0.3, 0.4) is 0 Å². The van der Waals surface area contributed by atoms with Crippen molar-refractivity contribution in [1.82, 2.24) is 20.2 Å². The molecule has 0 fully saturated rings. The van der Waals surface area contributed by atoms with Crippen molar-refractivity contribution in [2.75, 3.05) is 5.32 Å². The zero-order chi connectivity index (χ0) is 24.5. The number of imidazole rings is 1. The molecule has 4 N–H and O–H groups in total. The van der Waals surface area contributed by atoms with Crippen LogP contribution in [-0.2, 0) is 6.42 Å². The first-order chi connectivity index (χ1) is 16.9. The van der Waals surface area contributed by atoms with Crippen molar-refractivity contribution >= 4 is 33.8 Å². The topological polar surface area (TPSA) is 133 Å². The number of nitrogens with zero attached hydrogens (tertiary/aromatic N) is 2. The lowest BCUT2D eigenvalue weighted by Crippen LogP contribution is -2.11. The number of hydrogen-bond donors (Lipinski definition) is 4. The van der Waals surface area contributed by atoms with Crippen molar-refractivity contribution in [3.63, 3.8) is 0 Å². The number of aromatic nitrogens is 4. The number of carbonyl (C=O) groups is 1. The van der Waals surface area contributed by atoms with Gasteiger partial charge in [-0.3, -0.25) is 10.1 Å². The lowest BCUT2D eigenvalue weighted by molar-refractivity contribution is -0.0494. The van der Waals surface area contributed by atoms with E-state index in [9.17, 15) is 18.4 Å². The van der Waals surface area contributed by atoms with Gasteiger partial charge in [0.15, 0.2) is 0 Å². The molecule has 2 aromatic heterocycles. The summed E-state index contributed by atoms with van der Waals surface area (Å²) in [6.07, 6.45) is -0.940. The first kappa shape index (κ1) is 22.0. The van der Waals surface area contributed by atoms with E-state index in [-0.39, 0.29) is 17.3 Å². The second-order valence-electron chi connectivity index (χ2n) is 7.68. The molecule has 0 aliphatic heterocycles. The van der Waals surface area contributed by atoms with Gasteiger partial charge in [0, 0.05) is 17.4 Å². The SMILES string of the molecule is O=C(O)Nc1nc2cc(-c3cc(Cc4n[nH]c(=O)c5ccccc45)ccc3OC(F)F)ccc2[nH]1. The van der Waals surface area contributed by atoms with Crippen LogP contribution in [0.2, 0.25) is 0 Å². The van der Waals surface area contributed by atoms with Gasteiger partial charge in [-0.05, 0) is 41.5 Å². The maximum atomic E-state index is 13.1. The summed E-state index contributed by atoms with van der Waals surface area (Å²) in [5.41, 5.74) is 3.02. The molecule has 3 aromatic carbocycles. The molecule has 0 aliphatic carbocycles. The van der Waals surface area contributed by atoms with E-state index in [0.717, 1.165) is 5.56 Å². The van der Waals surface area contributed by atoms with E-state index in [0.29, 0.717) is 45.0 Å². The minimum atomic E-state index is -3.02. The third-order valence-electron chi connectivity index (χ3n) is 5.43. The van der Waals surface area contributed by atoms with E-state index in [1.807, 2.05) is 6.07 Å². The summed E-state index contributed by atoms with van der Waals surface area (Å²) in [5.74, 6) is 0.0142. The Kier molecular flexibility index (Phi) is 5.57. The zero-order valence-corrected chi connectivity index (χ0v) is 17.9. The molecule has 9 nitrogen and oxygen atoms in total. The van der Waals surface area contributed by atoms with Gasteiger partial charge in [0.25, 0.3) is 5.56 Å². The Morgan fingerprint density at radius 2 is 1.89 bits per heavy atom. The third-order valence-corrected chi connectivity index (χ3v) is 5.43. The smallest absolute Gasteiger partial charge is 0.411 e. The van der Waals surface area contributed by atoms with Gasteiger partial charge in [-0.25, -0.2) is 14.9 Å². The molecule has 176 valence electrons. The van der Waals surface area contributed by atoms with Crippen LogP contribution in [0.5, 0.6) is 5.75 Å². The van der Waals surface area contributed by atoms with Crippen LogP contribution in [0.1, 0.15) is 11.3 Å². The van der Waals surface area contributed by atoms with Gasteiger partial charge in [-0.2, -0.15) is 13.9 Å². The van der Waals surface area contributed by atoms with E-state index in [4.69, 9.17) is 9.84 Å². The fraction of sp³-hybridized carbons (Fsp3) is 0.0833. The van der Waals surface area contributed by atoms with Gasteiger partial charge in [0.1, 0.15) is 5.75 Å². The highest BCUT2D eigenvalue weighted by atomic mass is 19.3. The zero-order valence-electron chi connectivity index (χ0n) is 17.9. The summed E-state index contributed by atoms with van der Waals surface area (Å²) in [6, 6.07) is 16.9. The van der Waals surface area contributed by atoms with Crippen molar-refractivity contribution in [3.05, 3.63) is 82.3 Å². The minimum absolute atomic E-state index is 0.0261. The molecule has 5 aromatic rings. The fourth-order valence-corrected chi connectivity index (χ4v) is 3.94. The van der Waals surface area contributed by atoms with E-state index in [1.165, 1.54) is 6.07 Å². The number of nitrogens with one attached hydrogen (secondary N) is 3. The molecule has 2 heterocycles. The van der Waals surface area contributed by atoms with E-state index >= 15 is 0 Å². The Balaban J connectivity index is 1.57. The average Bonchev–Trinajstić information content (AvgIpc) is 3.22. The number of rotatable bonds is 6. The summed E-state index contributed by atoms with van der Waals surface area (Å²) in [7, 11) is 0. The minimum Gasteiger partial charge on any atom is -0.465 e. The number of benzene rings is 3. The lowest BCUT2D eigenvalue weighted by atomic mass is 9.98. The Hall–Kier alpha value is -4.80. The average molecular weight is 477 g/mol. The van der Waals surface area contributed by atoms with Gasteiger partial charge < -0.3 is 14.8 Å². The molecule has 5 rings (SSSR count). The van der Waals surface area contributed by atoms with Crippen LogP contribution >= 0.6 is 0 Å². The van der Waals surface area contributed by atoms with Gasteiger partial charge in [-0.1, -0.05) is 30.3 Å². The van der Waals surface area contributed by atoms with Gasteiger partial charge in [0.2, 0.25) is 5.95 Å². The quantitative estimate of drug-likeness (QED) is 0.279. The second kappa shape index (κ2) is 8.86. The van der Waals surface area contributed by atoms with Crippen LogP contribution in [0.25, 0.3) is 32.9 Å². The number of fused-ring (bicyclic) bond motifs is 2. The van der Waals surface area contributed by atoms with E-state index in [1.54, 1.807) is 48.5 Å². The summed E-state index contributed by atoms with van der Waals surface area (Å²) < 4.78 is 31.0. The highest BCUT2D eigenvalue weighted by molar-refractivity contribution is 5.88. The molecule has 0 bridgehead atoms. The molecule has 1 amide bonds. The molecule has 11 heteroatoms. The lowest BCUT2D eigenvalue weighted by Gasteiger charge is -2.13. The summed E-state index contributed by atoms with van der Waals surface area (Å²) >= 11 is 0. The summed E-state index contributed by atoms with van der Waals surface area (Å²) in [5, 5.41) is 18.9. The first-order valence-corrected chi connectivity index (χ1v) is 10.4. The van der Waals surface area contributed by atoms with E-state index in [2.05, 4.69) is 25.5 Å². The summed E-state index contributed by atoms with van der Waals surface area (Å²) in [6.45, 7) is -3.02. The standard InChI is InChI=1S/C24H17F2N5O4/c25-22(26)35-20-8-5-12(10-18-14-3-1-2-4-15(14)21(32)31-30-18)9-16(20)13-6-7-17-19(11-13)28-23(27-17)29-24(33)34/h1-9,11,22H,10H2,(H,31,32)(H,33,34)(H2,27,28,29). The number of amides is 1. The number of H-pyrrole nitrogens is 2. The van der Waals surface area contributed by atoms with Crippen LogP contribution in [0.15, 0.2) is 65.5 Å². The van der Waals surface area contributed by atoms with Crippen molar-refractivity contribution in [1.29, 1.82) is 0 Å². The van der Waals surface area contributed by atoms with Crippen LogP contribution < -0.4 is 15.6 Å². The summed E-state index contributed by atoms with van der Waals surface area (Å²) in [4.78, 5) is 30.0. The number of aromatic amines is 2. The molecule has 0 aliphatic rings. The number of ether oxygens (including phenoxy) is 1. The van der Waals surface area contributed by atoms with E-state index < -0.39 is 12.7 Å². The van der Waals surface area contributed by atoms with Crippen LogP contribution in [0.4, 0.5) is 19.5 Å². The Morgan fingerprint density at radius 1 is 1.09 bits per heavy atom. The predicted octanol–water partition coefficient (Wildman–Crippen LogP) is 4.75. The molecular formula is C24H17F2N5O4. The molecule has 0 atom stereocenters. The number of carboxylic acid groups (broad SMARTS) is 1. The molecule has 0 unspecified atom stereocenters. The third kappa shape index (κ3) is 4.51. The molecule has 35 heavy (non-hydrogen) atoms. The normalized spacial score (nSPS) is 11.3. The van der Waals surface area contributed by atoms with Crippen molar-refractivity contribution in [2.45, 2.75) is 13.0 Å². The highest BCUT2D eigenvalue weighted by Crippen LogP contribution is 2.34. The van der Waals surface area contributed by atoms with Gasteiger partial charge in [0.05, 0.1) is 22.1 Å². The maximum absolute atomic E-state index is 13.1. The molecule has 0 radical (unpaired) electrons. The van der Waals surface area contributed by atoms with Gasteiger partial charge >= 0.3 is 12.7 Å². The number of alkyl halides is 2. The molecule has 0 saturated carbocycles. The number of hydrogen-bond acceptors (Lipinski definition) is 5. The molecular weight excluding hydrogens is 460 g/mol. The van der Waals surface area contributed by atoms with Crippen molar-refractivity contribution in [3.8, 4) is 16.9 Å². The Bertz CT molecular complexity index is 1630. The number of anilines is 1. The maximum Gasteiger partial charge on any atom is 0.411 e. The fourth-order valence-electron chi connectivity index (χ4n) is 3.94. The van der Waals surface area contributed by atoms with Gasteiger partial charge in [-0.15, -0.1) is 0 Å². The number of halogens is 2. The molecule has 0 saturated heterocycles. The Labute approximate surface area is 195 Å². The first-order valence-electron chi connectivity index (χ1n) is 10.4. The monoisotopic (exact) mass is 477 g/mol. The molecule has 0 spiro atoms. The highest BCUT2D eigenvalue weighted by Gasteiger charge is 2.15. The van der Waals surface area contributed by atoms with Crippen LogP contribution in [0, 0.1) is 0 Å². The van der Waals surface area contributed by atoms with Crippen molar-refractivity contribution in [2.24, 2.45) is 0 Å². The van der Waals surface area contributed by atoms with Crippen LogP contribution in [-0.4, -0.2) is 38.0 Å².